The van der Waals surface area contributed by atoms with Crippen LogP contribution in [0.4, 0.5) is 0 Å². The van der Waals surface area contributed by atoms with Gasteiger partial charge in [-0.3, -0.25) is 0 Å². The van der Waals surface area contributed by atoms with Crippen LogP contribution in [0.25, 0.3) is 0 Å². The van der Waals surface area contributed by atoms with Gasteiger partial charge in [0, 0.05) is 11.1 Å². The fraction of sp³-hybridized carbons (Fsp3) is 1.00. The molecule has 1 nitrogen and oxygen atoms in total. The second kappa shape index (κ2) is 2.71. The predicted octanol–water partition coefficient (Wildman–Crippen LogP) is 3.04. The molecule has 0 spiro atoms. The highest BCUT2D eigenvalue weighted by molar-refractivity contribution is 6.14. The molecule has 0 unspecified atom stereocenters. The highest BCUT2D eigenvalue weighted by Gasteiger charge is 2.29. The van der Waals surface area contributed by atoms with Crippen molar-refractivity contribution in [1.29, 1.82) is 0 Å². The maximum absolute atomic E-state index is 6.07. The Balaban J connectivity index is 4.23. The van der Waals surface area contributed by atoms with E-state index in [2.05, 4.69) is 41.5 Å². The molecule has 0 amide bonds. The van der Waals surface area contributed by atoms with E-state index in [1.807, 2.05) is 4.42 Å². The van der Waals surface area contributed by atoms with Crippen molar-refractivity contribution in [2.45, 2.75) is 52.6 Å². The molecular formula is C8H18ClN. The summed E-state index contributed by atoms with van der Waals surface area (Å²) < 4.78 is 1.85. The molecule has 0 atom stereocenters. The molecule has 0 heterocycles. The third kappa shape index (κ3) is 2.89. The summed E-state index contributed by atoms with van der Waals surface area (Å²) in [6, 6.07) is 0. The van der Waals surface area contributed by atoms with E-state index in [4.69, 9.17) is 11.8 Å². The highest BCUT2D eigenvalue weighted by Crippen LogP contribution is 2.26. The molecule has 0 aromatic heterocycles. The van der Waals surface area contributed by atoms with Crippen LogP contribution in [0.15, 0.2) is 0 Å². The molecule has 10 heavy (non-hydrogen) atoms. The summed E-state index contributed by atoms with van der Waals surface area (Å²) >= 11 is 6.07. The Morgan fingerprint density at radius 1 is 0.800 bits per heavy atom. The van der Waals surface area contributed by atoms with Crippen LogP contribution >= 0.6 is 11.8 Å². The number of rotatable bonds is 0. The average Bonchev–Trinajstić information content (AvgIpc) is 1.59. The maximum atomic E-state index is 6.07. The van der Waals surface area contributed by atoms with Gasteiger partial charge in [0.25, 0.3) is 0 Å². The van der Waals surface area contributed by atoms with Gasteiger partial charge in [0.1, 0.15) is 0 Å². The van der Waals surface area contributed by atoms with Crippen LogP contribution in [-0.2, 0) is 0 Å². The zero-order chi connectivity index (χ0) is 8.58. The van der Waals surface area contributed by atoms with Gasteiger partial charge in [0.2, 0.25) is 0 Å². The van der Waals surface area contributed by atoms with E-state index in [0.717, 1.165) is 0 Å². The summed E-state index contributed by atoms with van der Waals surface area (Å²) in [5.41, 5.74) is 0.0829. The monoisotopic (exact) mass is 163 g/mol. The summed E-state index contributed by atoms with van der Waals surface area (Å²) in [5, 5.41) is 0. The predicted molar refractivity (Wildman–Crippen MR) is 47.2 cm³/mol. The Morgan fingerprint density at radius 3 is 1.00 bits per heavy atom. The van der Waals surface area contributed by atoms with E-state index < -0.39 is 0 Å². The molecule has 0 aliphatic carbocycles. The molecule has 62 valence electrons. The lowest BCUT2D eigenvalue weighted by atomic mass is 10.0. The minimum absolute atomic E-state index is 0.0415. The van der Waals surface area contributed by atoms with Crippen molar-refractivity contribution >= 4 is 11.8 Å². The Labute approximate surface area is 69.5 Å². The van der Waals surface area contributed by atoms with Gasteiger partial charge in [-0.05, 0) is 53.3 Å². The molecular weight excluding hydrogens is 146 g/mol. The minimum atomic E-state index is 0.0415. The van der Waals surface area contributed by atoms with Crippen LogP contribution in [0, 0.1) is 0 Å². The molecule has 0 saturated carbocycles. The highest BCUT2D eigenvalue weighted by atomic mass is 35.5. The van der Waals surface area contributed by atoms with E-state index >= 15 is 0 Å². The first-order chi connectivity index (χ1) is 4.15. The molecule has 0 aliphatic rings. The number of hydrogen-bond acceptors (Lipinski definition) is 1. The van der Waals surface area contributed by atoms with Gasteiger partial charge in [-0.25, -0.2) is 4.42 Å². The van der Waals surface area contributed by atoms with Crippen molar-refractivity contribution in [3.05, 3.63) is 0 Å². The van der Waals surface area contributed by atoms with Crippen LogP contribution in [0.1, 0.15) is 41.5 Å². The molecule has 0 bridgehead atoms. The zero-order valence-corrected chi connectivity index (χ0v) is 8.58. The van der Waals surface area contributed by atoms with Gasteiger partial charge < -0.3 is 0 Å². The van der Waals surface area contributed by atoms with Gasteiger partial charge in [-0.15, -0.1) is 0 Å². The second-order valence-corrected chi connectivity index (χ2v) is 4.96. The standard InChI is InChI=1S/C8H18ClN/c1-7(2,3)10(9)8(4,5)6/h1-6H3. The number of hydrogen-bond donors (Lipinski definition) is 0. The molecule has 2 heteroatoms. The zero-order valence-electron chi connectivity index (χ0n) is 7.83. The van der Waals surface area contributed by atoms with E-state index in [1.165, 1.54) is 0 Å². The summed E-state index contributed by atoms with van der Waals surface area (Å²) in [6.45, 7) is 12.6. The largest absolute Gasteiger partial charge is 0.210 e. The maximum Gasteiger partial charge on any atom is 0.0283 e. The SMILES string of the molecule is CC(C)(C)N(Cl)C(C)(C)C. The molecule has 0 fully saturated rings. The molecule has 0 radical (unpaired) electrons. The third-order valence-corrected chi connectivity index (χ3v) is 2.19. The van der Waals surface area contributed by atoms with Crippen molar-refractivity contribution in [3.63, 3.8) is 0 Å². The smallest absolute Gasteiger partial charge is 0.0283 e. The van der Waals surface area contributed by atoms with Gasteiger partial charge in [0.15, 0.2) is 0 Å². The summed E-state index contributed by atoms with van der Waals surface area (Å²) in [7, 11) is 0. The first kappa shape index (κ1) is 10.2. The molecule has 0 rings (SSSR count). The first-order valence-electron chi connectivity index (χ1n) is 3.62. The van der Waals surface area contributed by atoms with Gasteiger partial charge >= 0.3 is 0 Å². The van der Waals surface area contributed by atoms with Crippen LogP contribution in [0.3, 0.4) is 0 Å². The van der Waals surface area contributed by atoms with Crippen molar-refractivity contribution in [3.8, 4) is 0 Å². The van der Waals surface area contributed by atoms with Crippen LogP contribution in [0.2, 0.25) is 0 Å². The van der Waals surface area contributed by atoms with Crippen molar-refractivity contribution in [1.82, 2.24) is 4.42 Å². The summed E-state index contributed by atoms with van der Waals surface area (Å²) in [4.78, 5) is 0. The lowest BCUT2D eigenvalue weighted by Crippen LogP contribution is -2.46. The van der Waals surface area contributed by atoms with E-state index in [1.54, 1.807) is 0 Å². The fourth-order valence-corrected chi connectivity index (χ4v) is 1.01. The minimum Gasteiger partial charge on any atom is -0.210 e. The molecule has 0 aromatic rings. The quantitative estimate of drug-likeness (QED) is 0.497. The molecule has 0 aliphatic heterocycles. The molecule has 0 aromatic carbocycles. The van der Waals surface area contributed by atoms with E-state index in [9.17, 15) is 0 Å². The van der Waals surface area contributed by atoms with E-state index in [0.29, 0.717) is 0 Å². The summed E-state index contributed by atoms with van der Waals surface area (Å²) in [6.07, 6.45) is 0. The first-order valence-corrected chi connectivity index (χ1v) is 3.95. The third-order valence-electron chi connectivity index (χ3n) is 1.18. The Bertz CT molecular complexity index is 93.4. The van der Waals surface area contributed by atoms with Crippen LogP contribution in [-0.4, -0.2) is 15.5 Å². The van der Waals surface area contributed by atoms with Gasteiger partial charge in [-0.1, -0.05) is 0 Å². The number of nitrogens with zero attached hydrogens (tertiary/aromatic N) is 1. The average molecular weight is 164 g/mol. The van der Waals surface area contributed by atoms with E-state index in [-0.39, 0.29) is 11.1 Å². The Morgan fingerprint density at radius 2 is 1.00 bits per heavy atom. The summed E-state index contributed by atoms with van der Waals surface area (Å²) in [5.74, 6) is 0. The topological polar surface area (TPSA) is 3.24 Å². The molecule has 0 saturated heterocycles. The Hall–Kier alpha value is 0.250. The van der Waals surface area contributed by atoms with Crippen LogP contribution in [0.5, 0.6) is 0 Å². The second-order valence-electron chi connectivity index (χ2n) is 4.62. The van der Waals surface area contributed by atoms with Crippen LogP contribution < -0.4 is 0 Å². The van der Waals surface area contributed by atoms with Crippen molar-refractivity contribution in [2.75, 3.05) is 0 Å². The normalized spacial score (nSPS) is 14.4. The fourth-order valence-electron chi connectivity index (χ4n) is 1.01. The lowest BCUT2D eigenvalue weighted by Gasteiger charge is -2.39. The Kier molecular flexibility index (Phi) is 2.77. The lowest BCUT2D eigenvalue weighted by molar-refractivity contribution is 0.146. The van der Waals surface area contributed by atoms with Gasteiger partial charge in [-0.2, -0.15) is 0 Å². The van der Waals surface area contributed by atoms with Gasteiger partial charge in [0.05, 0.1) is 0 Å². The van der Waals surface area contributed by atoms with Crippen molar-refractivity contribution in [2.24, 2.45) is 0 Å². The number of halogens is 1. The van der Waals surface area contributed by atoms with Crippen molar-refractivity contribution < 1.29 is 0 Å². The molecule has 0 N–H and O–H groups in total.